The molecule has 0 unspecified atom stereocenters. The number of aromatic nitrogens is 2. The molecule has 16 heavy (non-hydrogen) atoms. The third kappa shape index (κ3) is 2.08. The van der Waals surface area contributed by atoms with Crippen molar-refractivity contribution in [2.45, 2.75) is 6.43 Å². The lowest BCUT2D eigenvalue weighted by atomic mass is 10.3. The Morgan fingerprint density at radius 1 is 1.31 bits per heavy atom. The minimum Gasteiger partial charge on any atom is -0.291 e. The van der Waals surface area contributed by atoms with E-state index >= 15 is 0 Å². The van der Waals surface area contributed by atoms with Crippen LogP contribution in [0.15, 0.2) is 34.8 Å². The topological polar surface area (TPSA) is 20.7 Å². The second-order valence-electron chi connectivity index (χ2n) is 3.14. The Morgan fingerprint density at radius 2 is 2.00 bits per heavy atom. The summed E-state index contributed by atoms with van der Waals surface area (Å²) >= 11 is 8.35. The predicted octanol–water partition coefficient (Wildman–Crippen LogP) is 4.23. The highest BCUT2D eigenvalue weighted by Gasteiger charge is 2.12. The molecule has 0 bridgehead atoms. The number of H-pyrrole nitrogens is 1. The first-order valence-corrected chi connectivity index (χ1v) is 5.64. The molecule has 1 aromatic heterocycles. The molecular weight excluding hydrogens is 298 g/mol. The first kappa shape index (κ1) is 11.5. The molecule has 0 radical (unpaired) electrons. The van der Waals surface area contributed by atoms with Crippen LogP contribution in [0.4, 0.5) is 8.78 Å². The van der Waals surface area contributed by atoms with E-state index in [1.165, 1.54) is 10.7 Å². The fourth-order valence-corrected chi connectivity index (χ4v) is 2.07. The van der Waals surface area contributed by atoms with E-state index in [0.29, 0.717) is 10.3 Å². The molecule has 0 fully saturated rings. The number of aromatic amines is 1. The largest absolute Gasteiger partial charge is 0.291 e. The minimum atomic E-state index is -2.55. The lowest BCUT2D eigenvalue weighted by Crippen LogP contribution is -1.98. The number of nitrogens with one attached hydrogen (secondary N) is 1. The van der Waals surface area contributed by atoms with E-state index in [1.54, 1.807) is 6.07 Å². The van der Waals surface area contributed by atoms with Crippen LogP contribution in [0.3, 0.4) is 0 Å². The Kier molecular flexibility index (Phi) is 3.20. The van der Waals surface area contributed by atoms with Gasteiger partial charge in [0.05, 0.1) is 5.69 Å². The van der Waals surface area contributed by atoms with Crippen molar-refractivity contribution in [1.29, 1.82) is 0 Å². The number of hydrogen-bond donors (Lipinski definition) is 1. The molecule has 1 heterocycles. The summed E-state index contributed by atoms with van der Waals surface area (Å²) in [4.78, 5) is 0. The van der Waals surface area contributed by atoms with Crippen molar-refractivity contribution in [2.24, 2.45) is 0 Å². The van der Waals surface area contributed by atoms with Gasteiger partial charge in [0, 0.05) is 10.5 Å². The molecule has 0 aliphatic heterocycles. The first-order valence-electron chi connectivity index (χ1n) is 4.44. The maximum Gasteiger partial charge on any atom is 0.279 e. The van der Waals surface area contributed by atoms with Gasteiger partial charge < -0.3 is 0 Å². The fraction of sp³-hybridized carbons (Fsp3) is 0.100. The van der Waals surface area contributed by atoms with Crippen molar-refractivity contribution in [3.8, 4) is 5.69 Å². The summed E-state index contributed by atoms with van der Waals surface area (Å²) < 4.78 is 27.5. The van der Waals surface area contributed by atoms with Gasteiger partial charge >= 0.3 is 0 Å². The molecule has 0 saturated heterocycles. The zero-order valence-electron chi connectivity index (χ0n) is 7.95. The highest BCUT2D eigenvalue weighted by atomic mass is 79.9. The van der Waals surface area contributed by atoms with Gasteiger partial charge in [0.25, 0.3) is 6.43 Å². The van der Waals surface area contributed by atoms with Gasteiger partial charge in [-0.2, -0.15) is 0 Å². The monoisotopic (exact) mass is 304 g/mol. The average molecular weight is 305 g/mol. The van der Waals surface area contributed by atoms with Crippen LogP contribution >= 0.6 is 28.1 Å². The molecule has 0 amide bonds. The summed E-state index contributed by atoms with van der Waals surface area (Å²) in [5, 5.41) is 2.57. The molecule has 0 aliphatic rings. The van der Waals surface area contributed by atoms with Gasteiger partial charge in [0.2, 0.25) is 0 Å². The third-order valence-corrected chi connectivity index (χ3v) is 3.04. The van der Waals surface area contributed by atoms with Crippen LogP contribution < -0.4 is 0 Å². The van der Waals surface area contributed by atoms with Crippen molar-refractivity contribution in [3.05, 3.63) is 45.1 Å². The zero-order chi connectivity index (χ0) is 11.7. The van der Waals surface area contributed by atoms with Gasteiger partial charge in [-0.3, -0.25) is 5.10 Å². The molecule has 1 N–H and O–H groups in total. The Hall–Kier alpha value is -1.01. The number of rotatable bonds is 2. The second-order valence-corrected chi connectivity index (χ2v) is 4.41. The van der Waals surface area contributed by atoms with Gasteiger partial charge in [-0.05, 0) is 28.1 Å². The van der Waals surface area contributed by atoms with Gasteiger partial charge in [0.15, 0.2) is 0 Å². The number of alkyl halides is 2. The van der Waals surface area contributed by atoms with Crippen molar-refractivity contribution in [3.63, 3.8) is 0 Å². The van der Waals surface area contributed by atoms with E-state index < -0.39 is 6.43 Å². The van der Waals surface area contributed by atoms with E-state index in [4.69, 9.17) is 12.2 Å². The van der Waals surface area contributed by atoms with Crippen molar-refractivity contribution >= 4 is 28.1 Å². The standard InChI is InChI=1S/C10H7BrF2N2S/c11-6-3-1-2-4-8(6)15-9(16)5-7(14-15)10(12)13/h1-5,10,14H. The zero-order valence-corrected chi connectivity index (χ0v) is 10.4. The number of para-hydroxylation sites is 1. The van der Waals surface area contributed by atoms with Crippen LogP contribution in [0, 0.1) is 4.64 Å². The van der Waals surface area contributed by atoms with Crippen molar-refractivity contribution in [1.82, 2.24) is 9.78 Å². The van der Waals surface area contributed by atoms with E-state index in [1.807, 2.05) is 18.2 Å². The summed E-state index contributed by atoms with van der Waals surface area (Å²) in [6, 6.07) is 8.52. The van der Waals surface area contributed by atoms with Crippen molar-refractivity contribution < 1.29 is 8.78 Å². The Balaban J connectivity index is 2.57. The molecule has 2 nitrogen and oxygen atoms in total. The summed E-state index contributed by atoms with van der Waals surface area (Å²) in [5.74, 6) is 0. The molecule has 6 heteroatoms. The van der Waals surface area contributed by atoms with Crippen LogP contribution in [0.1, 0.15) is 12.1 Å². The Bertz CT molecular complexity index is 562. The molecule has 0 aliphatic carbocycles. The third-order valence-electron chi connectivity index (χ3n) is 2.07. The molecule has 0 atom stereocenters. The van der Waals surface area contributed by atoms with Gasteiger partial charge in [0.1, 0.15) is 10.3 Å². The maximum atomic E-state index is 12.5. The average Bonchev–Trinajstić information content (AvgIpc) is 2.61. The Labute approximate surface area is 104 Å². The second kappa shape index (κ2) is 4.47. The van der Waals surface area contributed by atoms with Gasteiger partial charge in [-0.25, -0.2) is 13.5 Å². The summed E-state index contributed by atoms with van der Waals surface area (Å²) in [5.41, 5.74) is 0.528. The van der Waals surface area contributed by atoms with E-state index in [-0.39, 0.29) is 5.69 Å². The predicted molar refractivity (Wildman–Crippen MR) is 63.6 cm³/mol. The van der Waals surface area contributed by atoms with Gasteiger partial charge in [-0.1, -0.05) is 24.4 Å². The minimum absolute atomic E-state index is 0.180. The van der Waals surface area contributed by atoms with Crippen LogP contribution in [0.2, 0.25) is 0 Å². The SMILES string of the molecule is FC(F)c1cc(=S)n(-c2ccccc2Br)[nH]1. The summed E-state index contributed by atoms with van der Waals surface area (Å²) in [7, 11) is 0. The molecular formula is C10H7BrF2N2S. The smallest absolute Gasteiger partial charge is 0.279 e. The molecule has 2 aromatic rings. The maximum absolute atomic E-state index is 12.5. The lowest BCUT2D eigenvalue weighted by molar-refractivity contribution is 0.145. The van der Waals surface area contributed by atoms with E-state index in [2.05, 4.69) is 21.0 Å². The number of nitrogens with zero attached hydrogens (tertiary/aromatic N) is 1. The molecule has 2 rings (SSSR count). The van der Waals surface area contributed by atoms with Crippen molar-refractivity contribution in [2.75, 3.05) is 0 Å². The van der Waals surface area contributed by atoms with Crippen LogP contribution in [0.5, 0.6) is 0 Å². The van der Waals surface area contributed by atoms with E-state index in [0.717, 1.165) is 4.47 Å². The summed E-state index contributed by atoms with van der Waals surface area (Å²) in [6.07, 6.45) is -2.55. The van der Waals surface area contributed by atoms with Crippen LogP contribution in [-0.2, 0) is 0 Å². The number of halogens is 3. The fourth-order valence-electron chi connectivity index (χ4n) is 1.34. The molecule has 0 spiro atoms. The lowest BCUT2D eigenvalue weighted by Gasteiger charge is -2.05. The van der Waals surface area contributed by atoms with Gasteiger partial charge in [-0.15, -0.1) is 0 Å². The molecule has 84 valence electrons. The highest BCUT2D eigenvalue weighted by Crippen LogP contribution is 2.23. The normalized spacial score (nSPS) is 11.0. The van der Waals surface area contributed by atoms with E-state index in [9.17, 15) is 8.78 Å². The quantitative estimate of drug-likeness (QED) is 0.823. The van der Waals surface area contributed by atoms with Crippen LogP contribution in [-0.4, -0.2) is 9.78 Å². The summed E-state index contributed by atoms with van der Waals surface area (Å²) in [6.45, 7) is 0. The number of benzene rings is 1. The van der Waals surface area contributed by atoms with Crippen LogP contribution in [0.25, 0.3) is 5.69 Å². The first-order chi connectivity index (χ1) is 7.59. The molecule has 1 aromatic carbocycles. The number of hydrogen-bond acceptors (Lipinski definition) is 1. The Morgan fingerprint density at radius 3 is 2.56 bits per heavy atom. The molecule has 0 saturated carbocycles. The highest BCUT2D eigenvalue weighted by molar-refractivity contribution is 9.10.